The van der Waals surface area contributed by atoms with Crippen LogP contribution < -0.4 is 11.2 Å². The Balaban J connectivity index is 2.33. The van der Waals surface area contributed by atoms with Crippen LogP contribution in [0.15, 0.2) is 17.6 Å². The highest BCUT2D eigenvalue weighted by Crippen LogP contribution is 2.31. The number of hydrogen-bond acceptors (Lipinski definition) is 9. The molecule has 2 heterocycles. The fourth-order valence-electron chi connectivity index (χ4n) is 2.50. The highest BCUT2D eigenvalue weighted by atomic mass is 16.6. The van der Waals surface area contributed by atoms with E-state index in [4.69, 9.17) is 19.4 Å². The number of carbonyl (C=O) groups excluding carboxylic acids is 2. The van der Waals surface area contributed by atoms with Gasteiger partial charge in [-0.1, -0.05) is 12.7 Å². The Labute approximate surface area is 143 Å². The smallest absolute Gasteiger partial charge is 0.351 e. The van der Waals surface area contributed by atoms with Gasteiger partial charge in [0.2, 0.25) is 0 Å². The fraction of sp³-hybridized carbons (Fsp3) is 0.467. The first-order valence-corrected chi connectivity index (χ1v) is 7.47. The summed E-state index contributed by atoms with van der Waals surface area (Å²) in [6.45, 7) is 6.05. The lowest BCUT2D eigenvalue weighted by Gasteiger charge is -2.21. The van der Waals surface area contributed by atoms with Gasteiger partial charge in [-0.3, -0.25) is 24.8 Å². The summed E-state index contributed by atoms with van der Waals surface area (Å²) in [5.74, 6) is -1.07. The van der Waals surface area contributed by atoms with Crippen LogP contribution in [0.3, 0.4) is 0 Å². The van der Waals surface area contributed by atoms with Crippen LogP contribution in [0, 0.1) is 0 Å². The van der Waals surface area contributed by atoms with Gasteiger partial charge in [0.05, 0.1) is 6.10 Å². The number of rotatable bonds is 6. The molecule has 0 aliphatic carbocycles. The van der Waals surface area contributed by atoms with E-state index in [9.17, 15) is 14.4 Å². The van der Waals surface area contributed by atoms with Crippen molar-refractivity contribution < 1.29 is 29.0 Å². The summed E-state index contributed by atoms with van der Waals surface area (Å²) in [6.07, 6.45) is 0.740. The monoisotopic (exact) mass is 353 g/mol. The normalized spacial score (nSPS) is 22.3. The van der Waals surface area contributed by atoms with Gasteiger partial charge in [-0.15, -0.1) is 0 Å². The van der Waals surface area contributed by atoms with Crippen molar-refractivity contribution in [3.8, 4) is 0 Å². The molecule has 2 N–H and O–H groups in total. The van der Waals surface area contributed by atoms with Crippen molar-refractivity contribution >= 4 is 23.8 Å². The largest absolute Gasteiger partial charge is 0.463 e. The van der Waals surface area contributed by atoms with Crippen LogP contribution in [-0.4, -0.2) is 45.5 Å². The van der Waals surface area contributed by atoms with Crippen molar-refractivity contribution in [2.75, 3.05) is 12.1 Å². The van der Waals surface area contributed by atoms with Gasteiger partial charge in [0.1, 0.15) is 12.7 Å². The lowest BCUT2D eigenvalue weighted by molar-refractivity contribution is -0.153. The first-order chi connectivity index (χ1) is 11.8. The first-order valence-electron chi connectivity index (χ1n) is 7.47. The zero-order valence-corrected chi connectivity index (χ0v) is 13.8. The predicted molar refractivity (Wildman–Crippen MR) is 84.7 cm³/mol. The van der Waals surface area contributed by atoms with Gasteiger partial charge in [0.15, 0.2) is 12.0 Å². The molecule has 1 saturated heterocycles. The summed E-state index contributed by atoms with van der Waals surface area (Å²) >= 11 is 0. The molecular formula is C15H19N3O7. The average molecular weight is 353 g/mol. The van der Waals surface area contributed by atoms with E-state index in [0.717, 1.165) is 4.57 Å². The van der Waals surface area contributed by atoms with Crippen LogP contribution in [-0.2, 0) is 23.8 Å². The third-order valence-electron chi connectivity index (χ3n) is 3.51. The zero-order chi connectivity index (χ0) is 18.6. The minimum Gasteiger partial charge on any atom is -0.463 e. The number of hydrogen-bond donors (Lipinski definition) is 2. The maximum atomic E-state index is 12.2. The molecule has 1 aliphatic rings. The van der Waals surface area contributed by atoms with Crippen LogP contribution in [0.1, 0.15) is 32.1 Å². The van der Waals surface area contributed by atoms with Crippen LogP contribution in [0.5, 0.6) is 0 Å². The molecule has 1 fully saturated rings. The number of carbonyl (C=O) groups is 2. The number of anilines is 1. The zero-order valence-electron chi connectivity index (χ0n) is 13.8. The molecule has 3 atom stereocenters. The van der Waals surface area contributed by atoms with Crippen molar-refractivity contribution in [1.82, 2.24) is 9.55 Å². The maximum absolute atomic E-state index is 12.2. The molecule has 136 valence electrons. The number of nitrogens with one attached hydrogen (secondary N) is 1. The Morgan fingerprint density at radius 3 is 2.80 bits per heavy atom. The van der Waals surface area contributed by atoms with E-state index in [1.165, 1.54) is 26.1 Å². The molecule has 1 aromatic rings. The standard InChI is InChI=1S/C15H19N3O7/c1-4-10-6-18(15(21)16-13(10)17-22)14-12(24-9(3)20)5-11(25-14)7-23-8(2)19/h4,6,11-12,14,22H,1,5,7H2,2-3H3,(H,16,17,21)/t11-,12+,14+/m0/s1. The second-order valence-corrected chi connectivity index (χ2v) is 5.39. The summed E-state index contributed by atoms with van der Waals surface area (Å²) in [6, 6.07) is 0. The van der Waals surface area contributed by atoms with Gasteiger partial charge in [0.25, 0.3) is 0 Å². The van der Waals surface area contributed by atoms with Crippen molar-refractivity contribution in [3.05, 3.63) is 28.8 Å². The van der Waals surface area contributed by atoms with E-state index < -0.39 is 36.1 Å². The van der Waals surface area contributed by atoms with Gasteiger partial charge >= 0.3 is 17.6 Å². The number of ether oxygens (including phenoxy) is 3. The number of nitrogens with zero attached hydrogens (tertiary/aromatic N) is 2. The highest BCUT2D eigenvalue weighted by Gasteiger charge is 2.40. The van der Waals surface area contributed by atoms with E-state index >= 15 is 0 Å². The highest BCUT2D eigenvalue weighted by molar-refractivity contribution is 5.66. The third kappa shape index (κ3) is 4.43. The van der Waals surface area contributed by atoms with Crippen molar-refractivity contribution in [2.24, 2.45) is 0 Å². The number of esters is 2. The molecule has 0 unspecified atom stereocenters. The summed E-state index contributed by atoms with van der Waals surface area (Å²) < 4.78 is 17.0. The molecule has 10 heteroatoms. The van der Waals surface area contributed by atoms with Crippen molar-refractivity contribution in [3.63, 3.8) is 0 Å². The van der Waals surface area contributed by atoms with Gasteiger partial charge in [0, 0.05) is 32.0 Å². The van der Waals surface area contributed by atoms with Gasteiger partial charge in [-0.05, 0) is 0 Å². The molecule has 1 aromatic heterocycles. The lowest BCUT2D eigenvalue weighted by Crippen LogP contribution is -2.34. The third-order valence-corrected chi connectivity index (χ3v) is 3.51. The van der Waals surface area contributed by atoms with Crippen LogP contribution in [0.25, 0.3) is 6.08 Å². The van der Waals surface area contributed by atoms with Crippen molar-refractivity contribution in [2.45, 2.75) is 38.7 Å². The fourth-order valence-corrected chi connectivity index (χ4v) is 2.50. The quantitative estimate of drug-likeness (QED) is 0.553. The van der Waals surface area contributed by atoms with E-state index in [1.807, 2.05) is 5.48 Å². The summed E-state index contributed by atoms with van der Waals surface area (Å²) in [5.41, 5.74) is 1.43. The van der Waals surface area contributed by atoms with Gasteiger partial charge in [-0.2, -0.15) is 4.98 Å². The predicted octanol–water partition coefficient (Wildman–Crippen LogP) is 0.470. The Morgan fingerprint density at radius 1 is 1.52 bits per heavy atom. The Kier molecular flexibility index (Phi) is 5.88. The van der Waals surface area contributed by atoms with E-state index in [1.54, 1.807) is 0 Å². The number of aromatic nitrogens is 2. The first kappa shape index (κ1) is 18.6. The molecule has 0 saturated carbocycles. The summed E-state index contributed by atoms with van der Waals surface area (Å²) in [5, 5.41) is 9.01. The van der Waals surface area contributed by atoms with E-state index in [2.05, 4.69) is 11.6 Å². The van der Waals surface area contributed by atoms with Crippen LogP contribution in [0.2, 0.25) is 0 Å². The molecule has 0 spiro atoms. The van der Waals surface area contributed by atoms with Crippen molar-refractivity contribution in [1.29, 1.82) is 0 Å². The molecule has 0 amide bonds. The molecule has 2 rings (SSSR count). The minimum atomic E-state index is -0.948. The molecule has 0 aromatic carbocycles. The SMILES string of the molecule is C=Cc1cn([C@@H]2O[C@H](COC(C)=O)C[C@H]2OC(C)=O)c(=O)nc1NO. The molecule has 0 radical (unpaired) electrons. The molecule has 0 bridgehead atoms. The molecule has 1 aliphatic heterocycles. The Hall–Kier alpha value is -2.72. The Morgan fingerprint density at radius 2 is 2.24 bits per heavy atom. The molecule has 10 nitrogen and oxygen atoms in total. The van der Waals surface area contributed by atoms with Gasteiger partial charge < -0.3 is 14.2 Å². The molecule has 25 heavy (non-hydrogen) atoms. The van der Waals surface area contributed by atoms with Crippen LogP contribution >= 0.6 is 0 Å². The van der Waals surface area contributed by atoms with Crippen LogP contribution in [0.4, 0.5) is 5.82 Å². The topological polar surface area (TPSA) is 129 Å². The lowest BCUT2D eigenvalue weighted by atomic mass is 10.2. The minimum absolute atomic E-state index is 0.0314. The van der Waals surface area contributed by atoms with E-state index in [-0.39, 0.29) is 18.8 Å². The van der Waals surface area contributed by atoms with Gasteiger partial charge in [-0.25, -0.2) is 4.79 Å². The summed E-state index contributed by atoms with van der Waals surface area (Å²) in [7, 11) is 0. The molecular weight excluding hydrogens is 334 g/mol. The average Bonchev–Trinajstić information content (AvgIpc) is 2.94. The summed E-state index contributed by atoms with van der Waals surface area (Å²) in [4.78, 5) is 38.2. The second-order valence-electron chi connectivity index (χ2n) is 5.39. The van der Waals surface area contributed by atoms with E-state index in [0.29, 0.717) is 5.56 Å². The Bertz CT molecular complexity index is 730. The maximum Gasteiger partial charge on any atom is 0.351 e. The second kappa shape index (κ2) is 7.90.